The molecule has 6 heteroatoms. The first-order chi connectivity index (χ1) is 7.83. The summed E-state index contributed by atoms with van der Waals surface area (Å²) in [4.78, 5) is 1.14. The fraction of sp³-hybridized carbons (Fsp3) is 0.455. The Labute approximate surface area is 103 Å². The van der Waals surface area contributed by atoms with E-state index in [9.17, 15) is 13.2 Å². The van der Waals surface area contributed by atoms with Crippen LogP contribution in [0.25, 0.3) is 0 Å². The predicted octanol–water partition coefficient (Wildman–Crippen LogP) is 2.84. The lowest BCUT2D eigenvalue weighted by Gasteiger charge is -2.23. The van der Waals surface area contributed by atoms with Crippen LogP contribution in [0, 0.1) is 0 Å². The molecule has 1 rings (SSSR count). The number of anilines is 1. The molecule has 2 N–H and O–H groups in total. The SMILES string of the molecule is CN(CC(F)(F)F)c1cc(Cl)ccc1CCN. The van der Waals surface area contributed by atoms with Gasteiger partial charge in [0.05, 0.1) is 0 Å². The molecule has 1 aromatic carbocycles. The molecule has 0 unspecified atom stereocenters. The monoisotopic (exact) mass is 266 g/mol. The maximum atomic E-state index is 12.3. The molecule has 96 valence electrons. The first kappa shape index (κ1) is 14.1. The highest BCUT2D eigenvalue weighted by Gasteiger charge is 2.30. The molecule has 0 fully saturated rings. The Kier molecular flexibility index (Phi) is 4.65. The van der Waals surface area contributed by atoms with Crippen LogP contribution in [0.3, 0.4) is 0 Å². The number of benzene rings is 1. The molecule has 0 aromatic heterocycles. The van der Waals surface area contributed by atoms with Crippen molar-refractivity contribution in [2.45, 2.75) is 12.6 Å². The molecule has 0 aliphatic rings. The van der Waals surface area contributed by atoms with Crippen molar-refractivity contribution in [3.8, 4) is 0 Å². The standard InChI is InChI=1S/C11H14ClF3N2/c1-17(7-11(13,14)15)10-6-9(12)3-2-8(10)4-5-16/h2-3,6H,4-5,7,16H2,1H3. The average Bonchev–Trinajstić information content (AvgIpc) is 2.18. The number of nitrogens with zero attached hydrogens (tertiary/aromatic N) is 1. The van der Waals surface area contributed by atoms with Crippen LogP contribution in [-0.2, 0) is 6.42 Å². The molecule has 0 heterocycles. The maximum absolute atomic E-state index is 12.3. The van der Waals surface area contributed by atoms with Gasteiger partial charge in [-0.05, 0) is 30.7 Å². The quantitative estimate of drug-likeness (QED) is 0.908. The molecule has 2 nitrogen and oxygen atoms in total. The summed E-state index contributed by atoms with van der Waals surface area (Å²) in [5.74, 6) is 0. The normalized spacial score (nSPS) is 11.6. The highest BCUT2D eigenvalue weighted by molar-refractivity contribution is 6.30. The van der Waals surface area contributed by atoms with E-state index >= 15 is 0 Å². The van der Waals surface area contributed by atoms with E-state index in [1.807, 2.05) is 0 Å². The van der Waals surface area contributed by atoms with Crippen LogP contribution >= 0.6 is 11.6 Å². The summed E-state index contributed by atoms with van der Waals surface area (Å²) in [5, 5.41) is 0.412. The molecular weight excluding hydrogens is 253 g/mol. The zero-order valence-electron chi connectivity index (χ0n) is 9.39. The van der Waals surface area contributed by atoms with E-state index < -0.39 is 12.7 Å². The van der Waals surface area contributed by atoms with Gasteiger partial charge in [0.15, 0.2) is 0 Å². The number of hydrogen-bond acceptors (Lipinski definition) is 2. The van der Waals surface area contributed by atoms with Crippen molar-refractivity contribution >= 4 is 17.3 Å². The van der Waals surface area contributed by atoms with Crippen molar-refractivity contribution in [2.75, 3.05) is 25.0 Å². The zero-order valence-corrected chi connectivity index (χ0v) is 10.1. The Hall–Kier alpha value is -0.940. The molecule has 0 atom stereocenters. The maximum Gasteiger partial charge on any atom is 0.405 e. The van der Waals surface area contributed by atoms with E-state index in [1.165, 1.54) is 13.1 Å². The van der Waals surface area contributed by atoms with E-state index in [0.29, 0.717) is 23.7 Å². The minimum atomic E-state index is -4.24. The molecule has 1 aromatic rings. The predicted molar refractivity (Wildman–Crippen MR) is 63.5 cm³/mol. The molecule has 0 saturated carbocycles. The van der Waals surface area contributed by atoms with Crippen molar-refractivity contribution in [1.29, 1.82) is 0 Å². The first-order valence-electron chi connectivity index (χ1n) is 5.10. The minimum absolute atomic E-state index is 0.383. The molecule has 0 aliphatic heterocycles. The van der Waals surface area contributed by atoms with Gasteiger partial charge in [-0.15, -0.1) is 0 Å². The van der Waals surface area contributed by atoms with Crippen LogP contribution in [0.1, 0.15) is 5.56 Å². The largest absolute Gasteiger partial charge is 0.405 e. The zero-order chi connectivity index (χ0) is 13.1. The number of nitrogens with two attached hydrogens (primary N) is 1. The van der Waals surface area contributed by atoms with Gasteiger partial charge >= 0.3 is 6.18 Å². The molecule has 17 heavy (non-hydrogen) atoms. The molecular formula is C11H14ClF3N2. The van der Waals surface area contributed by atoms with E-state index in [0.717, 1.165) is 10.5 Å². The van der Waals surface area contributed by atoms with Gasteiger partial charge in [0.25, 0.3) is 0 Å². The highest BCUT2D eigenvalue weighted by atomic mass is 35.5. The summed E-state index contributed by atoms with van der Waals surface area (Å²) >= 11 is 5.79. The van der Waals surface area contributed by atoms with Crippen molar-refractivity contribution in [2.24, 2.45) is 5.73 Å². The summed E-state index contributed by atoms with van der Waals surface area (Å²) in [6.45, 7) is -0.626. The highest BCUT2D eigenvalue weighted by Crippen LogP contribution is 2.27. The lowest BCUT2D eigenvalue weighted by Crippen LogP contribution is -2.31. The molecule has 0 spiro atoms. The van der Waals surface area contributed by atoms with Crippen LogP contribution in [-0.4, -0.2) is 26.3 Å². The van der Waals surface area contributed by atoms with E-state index in [2.05, 4.69) is 0 Å². The first-order valence-corrected chi connectivity index (χ1v) is 5.47. The van der Waals surface area contributed by atoms with Crippen molar-refractivity contribution < 1.29 is 13.2 Å². The van der Waals surface area contributed by atoms with Gasteiger partial charge < -0.3 is 10.6 Å². The van der Waals surface area contributed by atoms with Crippen molar-refractivity contribution in [3.63, 3.8) is 0 Å². The van der Waals surface area contributed by atoms with Crippen LogP contribution in [0.15, 0.2) is 18.2 Å². The molecule has 0 aliphatic carbocycles. The summed E-state index contributed by atoms with van der Waals surface area (Å²) in [7, 11) is 1.39. The molecule has 0 saturated heterocycles. The third kappa shape index (κ3) is 4.44. The van der Waals surface area contributed by atoms with Gasteiger partial charge in [0.1, 0.15) is 6.54 Å². The molecule has 0 radical (unpaired) electrons. The summed E-state index contributed by atoms with van der Waals surface area (Å²) in [6.07, 6.45) is -3.72. The van der Waals surface area contributed by atoms with Crippen molar-refractivity contribution in [1.82, 2.24) is 0 Å². The van der Waals surface area contributed by atoms with E-state index in [1.54, 1.807) is 12.1 Å². The fourth-order valence-corrected chi connectivity index (χ4v) is 1.78. The van der Waals surface area contributed by atoms with Crippen LogP contribution < -0.4 is 10.6 Å². The van der Waals surface area contributed by atoms with Gasteiger partial charge in [0, 0.05) is 17.8 Å². The van der Waals surface area contributed by atoms with E-state index in [-0.39, 0.29) is 0 Å². The fourth-order valence-electron chi connectivity index (χ4n) is 1.61. The number of alkyl halides is 3. The lowest BCUT2D eigenvalue weighted by atomic mass is 10.1. The molecule has 0 bridgehead atoms. The number of rotatable bonds is 4. The molecule has 0 amide bonds. The average molecular weight is 267 g/mol. The Morgan fingerprint density at radius 1 is 1.35 bits per heavy atom. The Bertz CT molecular complexity index is 379. The van der Waals surface area contributed by atoms with Crippen molar-refractivity contribution in [3.05, 3.63) is 28.8 Å². The summed E-state index contributed by atoms with van der Waals surface area (Å²) in [6, 6.07) is 4.88. The topological polar surface area (TPSA) is 29.3 Å². The Morgan fingerprint density at radius 3 is 2.53 bits per heavy atom. The number of hydrogen-bond donors (Lipinski definition) is 1. The summed E-state index contributed by atoms with van der Waals surface area (Å²) < 4.78 is 36.9. The van der Waals surface area contributed by atoms with Crippen LogP contribution in [0.5, 0.6) is 0 Å². The van der Waals surface area contributed by atoms with Gasteiger partial charge in [-0.3, -0.25) is 0 Å². The van der Waals surface area contributed by atoms with E-state index in [4.69, 9.17) is 17.3 Å². The third-order valence-electron chi connectivity index (χ3n) is 2.29. The second kappa shape index (κ2) is 5.60. The van der Waals surface area contributed by atoms with Gasteiger partial charge in [-0.2, -0.15) is 13.2 Å². The van der Waals surface area contributed by atoms with Gasteiger partial charge in [-0.25, -0.2) is 0 Å². The second-order valence-corrected chi connectivity index (χ2v) is 4.22. The Morgan fingerprint density at radius 2 is 2.00 bits per heavy atom. The Balaban J connectivity index is 2.97. The van der Waals surface area contributed by atoms with Gasteiger partial charge in [-0.1, -0.05) is 17.7 Å². The summed E-state index contributed by atoms with van der Waals surface area (Å²) in [5.41, 5.74) is 6.66. The van der Waals surface area contributed by atoms with Crippen LogP contribution in [0.4, 0.5) is 18.9 Å². The lowest BCUT2D eigenvalue weighted by molar-refractivity contribution is -0.119. The van der Waals surface area contributed by atoms with Crippen LogP contribution in [0.2, 0.25) is 5.02 Å². The van der Waals surface area contributed by atoms with Gasteiger partial charge in [0.2, 0.25) is 0 Å². The smallest absolute Gasteiger partial charge is 0.365 e. The minimum Gasteiger partial charge on any atom is -0.365 e. The second-order valence-electron chi connectivity index (χ2n) is 3.78. The number of halogens is 4. The third-order valence-corrected chi connectivity index (χ3v) is 2.52.